The summed E-state index contributed by atoms with van der Waals surface area (Å²) in [5.74, 6) is 3.11. The molecule has 3 fully saturated rings. The van der Waals surface area contributed by atoms with E-state index in [1.165, 1.54) is 58.2 Å². The molecule has 3 aliphatic carbocycles. The first-order chi connectivity index (χ1) is 7.43. The molecule has 2 nitrogen and oxygen atoms in total. The molecule has 0 bridgehead atoms. The fourth-order valence-electron chi connectivity index (χ4n) is 2.58. The maximum absolute atomic E-state index is 3.78. The van der Waals surface area contributed by atoms with Gasteiger partial charge in [0.25, 0.3) is 0 Å². The van der Waals surface area contributed by atoms with Gasteiger partial charge in [-0.15, -0.1) is 0 Å². The second-order valence-corrected chi connectivity index (χ2v) is 5.80. The lowest BCUT2D eigenvalue weighted by Crippen LogP contribution is -2.38. The molecule has 0 aromatic carbocycles. The van der Waals surface area contributed by atoms with Gasteiger partial charge < -0.3 is 10.6 Å². The molecule has 0 aliphatic heterocycles. The monoisotopic (exact) mass is 208 g/mol. The third-order valence-corrected chi connectivity index (χ3v) is 4.07. The quantitative estimate of drug-likeness (QED) is 0.594. The van der Waals surface area contributed by atoms with E-state index >= 15 is 0 Å². The summed E-state index contributed by atoms with van der Waals surface area (Å²) in [6.07, 6.45) is 8.89. The Morgan fingerprint density at radius 2 is 1.53 bits per heavy atom. The summed E-state index contributed by atoms with van der Waals surface area (Å²) < 4.78 is 0. The summed E-state index contributed by atoms with van der Waals surface area (Å²) in [6.45, 7) is 3.62. The van der Waals surface area contributed by atoms with Gasteiger partial charge in [0.05, 0.1) is 0 Å². The molecule has 86 valence electrons. The molecule has 0 spiro atoms. The van der Waals surface area contributed by atoms with E-state index in [1.807, 2.05) is 0 Å². The van der Waals surface area contributed by atoms with Crippen LogP contribution in [0.2, 0.25) is 0 Å². The minimum Gasteiger partial charge on any atom is -0.315 e. The highest BCUT2D eigenvalue weighted by molar-refractivity contribution is 4.96. The molecule has 0 amide bonds. The Balaban J connectivity index is 1.26. The third-order valence-electron chi connectivity index (χ3n) is 4.07. The molecular weight excluding hydrogens is 184 g/mol. The molecule has 3 saturated carbocycles. The molecule has 15 heavy (non-hydrogen) atoms. The predicted molar refractivity (Wildman–Crippen MR) is 62.8 cm³/mol. The molecule has 0 heterocycles. The van der Waals surface area contributed by atoms with Gasteiger partial charge in [0.1, 0.15) is 0 Å². The van der Waals surface area contributed by atoms with Crippen molar-refractivity contribution < 1.29 is 0 Å². The van der Waals surface area contributed by atoms with Crippen LogP contribution >= 0.6 is 0 Å². The second-order valence-electron chi connectivity index (χ2n) is 5.80. The molecule has 2 N–H and O–H groups in total. The van der Waals surface area contributed by atoms with Gasteiger partial charge in [-0.2, -0.15) is 0 Å². The van der Waals surface area contributed by atoms with E-state index in [-0.39, 0.29) is 0 Å². The average molecular weight is 208 g/mol. The summed E-state index contributed by atoms with van der Waals surface area (Å²) in [5.41, 5.74) is 0. The number of rotatable bonds is 8. The number of hydrogen-bond acceptors (Lipinski definition) is 2. The molecular formula is C13H24N2. The van der Waals surface area contributed by atoms with Crippen molar-refractivity contribution in [2.75, 3.05) is 19.6 Å². The topological polar surface area (TPSA) is 24.1 Å². The van der Waals surface area contributed by atoms with Gasteiger partial charge >= 0.3 is 0 Å². The van der Waals surface area contributed by atoms with Crippen LogP contribution in [0.4, 0.5) is 0 Å². The average Bonchev–Trinajstić information content (AvgIpc) is 3.12. The van der Waals surface area contributed by atoms with Crippen LogP contribution in [0.15, 0.2) is 0 Å². The lowest BCUT2D eigenvalue weighted by atomic mass is 10.1. The Kier molecular flexibility index (Phi) is 2.98. The van der Waals surface area contributed by atoms with Gasteiger partial charge in [-0.25, -0.2) is 0 Å². The van der Waals surface area contributed by atoms with Crippen molar-refractivity contribution in [1.82, 2.24) is 10.6 Å². The fourth-order valence-corrected chi connectivity index (χ4v) is 2.58. The summed E-state index contributed by atoms with van der Waals surface area (Å²) in [4.78, 5) is 0. The van der Waals surface area contributed by atoms with Crippen molar-refractivity contribution in [1.29, 1.82) is 0 Å². The van der Waals surface area contributed by atoms with Gasteiger partial charge in [0, 0.05) is 19.1 Å². The maximum Gasteiger partial charge on any atom is 0.0124 e. The van der Waals surface area contributed by atoms with Crippen molar-refractivity contribution in [2.45, 2.75) is 44.6 Å². The highest BCUT2D eigenvalue weighted by atomic mass is 15.0. The second kappa shape index (κ2) is 4.42. The maximum atomic E-state index is 3.78. The molecule has 0 unspecified atom stereocenters. The van der Waals surface area contributed by atoms with Crippen LogP contribution in [0.25, 0.3) is 0 Å². The summed E-state index contributed by atoms with van der Waals surface area (Å²) in [6, 6.07) is 0.882. The molecule has 0 aromatic rings. The zero-order valence-corrected chi connectivity index (χ0v) is 9.67. The Morgan fingerprint density at radius 1 is 0.867 bits per heavy atom. The molecule has 3 aliphatic rings. The van der Waals surface area contributed by atoms with Gasteiger partial charge in [-0.05, 0) is 62.8 Å². The Labute approximate surface area is 93.2 Å². The van der Waals surface area contributed by atoms with Crippen LogP contribution < -0.4 is 10.6 Å². The normalized spacial score (nSPS) is 26.2. The van der Waals surface area contributed by atoms with Crippen molar-refractivity contribution in [3.8, 4) is 0 Å². The number of hydrogen-bond donors (Lipinski definition) is 2. The van der Waals surface area contributed by atoms with Crippen LogP contribution in [0.3, 0.4) is 0 Å². The lowest BCUT2D eigenvalue weighted by molar-refractivity contribution is 0.413. The first kappa shape index (κ1) is 10.1. The predicted octanol–water partition coefficient (Wildman–Crippen LogP) is 1.76. The van der Waals surface area contributed by atoms with Crippen LogP contribution in [-0.2, 0) is 0 Å². The Hall–Kier alpha value is -0.0800. The first-order valence-electron chi connectivity index (χ1n) is 6.87. The lowest BCUT2D eigenvalue weighted by Gasteiger charge is -2.17. The smallest absolute Gasteiger partial charge is 0.0124 e. The Morgan fingerprint density at radius 3 is 2.07 bits per heavy atom. The standard InChI is InChI=1S/C13H24N2/c1-2-10(1)9-14-7-8-15-13(11-3-4-11)12-5-6-12/h10-15H,1-9H2. The van der Waals surface area contributed by atoms with E-state index in [2.05, 4.69) is 10.6 Å². The van der Waals surface area contributed by atoms with Crippen molar-refractivity contribution in [2.24, 2.45) is 17.8 Å². The van der Waals surface area contributed by atoms with Crippen LogP contribution in [0, 0.1) is 17.8 Å². The van der Waals surface area contributed by atoms with Crippen LogP contribution in [0.1, 0.15) is 38.5 Å². The number of nitrogens with one attached hydrogen (secondary N) is 2. The largest absolute Gasteiger partial charge is 0.315 e. The third kappa shape index (κ3) is 3.18. The summed E-state index contributed by atoms with van der Waals surface area (Å²) >= 11 is 0. The van der Waals surface area contributed by atoms with E-state index in [0.717, 1.165) is 23.8 Å². The van der Waals surface area contributed by atoms with Gasteiger partial charge in [0.2, 0.25) is 0 Å². The fraction of sp³-hybridized carbons (Fsp3) is 1.00. The molecule has 0 atom stereocenters. The molecule has 3 rings (SSSR count). The van der Waals surface area contributed by atoms with E-state index in [0.29, 0.717) is 0 Å². The Bertz CT molecular complexity index is 193. The van der Waals surface area contributed by atoms with E-state index in [4.69, 9.17) is 0 Å². The summed E-state index contributed by atoms with van der Waals surface area (Å²) in [5, 5.41) is 7.33. The molecule has 0 aromatic heterocycles. The SMILES string of the molecule is C(CNC(C1CC1)C1CC1)NCC1CC1. The van der Waals surface area contributed by atoms with Crippen molar-refractivity contribution >= 4 is 0 Å². The highest BCUT2D eigenvalue weighted by Crippen LogP contribution is 2.44. The van der Waals surface area contributed by atoms with Gasteiger partial charge in [-0.3, -0.25) is 0 Å². The van der Waals surface area contributed by atoms with E-state index in [9.17, 15) is 0 Å². The first-order valence-corrected chi connectivity index (χ1v) is 6.87. The summed E-state index contributed by atoms with van der Waals surface area (Å²) in [7, 11) is 0. The molecule has 0 saturated heterocycles. The zero-order chi connectivity index (χ0) is 10.1. The van der Waals surface area contributed by atoms with Crippen LogP contribution in [0.5, 0.6) is 0 Å². The van der Waals surface area contributed by atoms with E-state index in [1.54, 1.807) is 0 Å². The van der Waals surface area contributed by atoms with Crippen LogP contribution in [-0.4, -0.2) is 25.7 Å². The van der Waals surface area contributed by atoms with E-state index < -0.39 is 0 Å². The zero-order valence-electron chi connectivity index (χ0n) is 9.67. The minimum atomic E-state index is 0.882. The highest BCUT2D eigenvalue weighted by Gasteiger charge is 2.40. The minimum absolute atomic E-state index is 0.882. The molecule has 0 radical (unpaired) electrons. The molecule has 2 heteroatoms. The van der Waals surface area contributed by atoms with Crippen molar-refractivity contribution in [3.63, 3.8) is 0 Å². The van der Waals surface area contributed by atoms with Gasteiger partial charge in [0.15, 0.2) is 0 Å². The van der Waals surface area contributed by atoms with Gasteiger partial charge in [-0.1, -0.05) is 0 Å². The van der Waals surface area contributed by atoms with Crippen molar-refractivity contribution in [3.05, 3.63) is 0 Å².